The molecule has 0 unspecified atom stereocenters. The first-order valence-corrected chi connectivity index (χ1v) is 11.3. The van der Waals surface area contributed by atoms with Gasteiger partial charge in [0.15, 0.2) is 0 Å². The highest BCUT2D eigenvalue weighted by Gasteiger charge is 2.23. The predicted octanol–water partition coefficient (Wildman–Crippen LogP) is 6.22. The van der Waals surface area contributed by atoms with Crippen LogP contribution in [0, 0.1) is 13.8 Å². The molecule has 1 atom stereocenters. The van der Waals surface area contributed by atoms with Gasteiger partial charge in [-0.1, -0.05) is 72.8 Å². The molecule has 4 aromatic rings. The molecule has 0 saturated heterocycles. The normalized spacial score (nSPS) is 12.0. The maximum atomic E-state index is 12.8. The van der Waals surface area contributed by atoms with Crippen molar-refractivity contribution in [3.05, 3.63) is 101 Å². The van der Waals surface area contributed by atoms with Crippen molar-refractivity contribution in [3.63, 3.8) is 0 Å². The van der Waals surface area contributed by atoms with E-state index >= 15 is 0 Å². The minimum Gasteiger partial charge on any atom is -0.507 e. The fourth-order valence-electron chi connectivity index (χ4n) is 4.45. The lowest BCUT2D eigenvalue weighted by molar-refractivity contribution is -0.145. The van der Waals surface area contributed by atoms with Crippen LogP contribution >= 0.6 is 0 Å². The number of phenolic OH excluding ortho intramolecular Hbond substituents is 1. The van der Waals surface area contributed by atoms with Gasteiger partial charge in [0.1, 0.15) is 11.8 Å². The van der Waals surface area contributed by atoms with Crippen LogP contribution < -0.4 is 5.32 Å². The van der Waals surface area contributed by atoms with E-state index in [9.17, 15) is 9.90 Å². The second-order valence-corrected chi connectivity index (χ2v) is 8.27. The number of ether oxygens (including phenoxy) is 1. The molecule has 0 amide bonds. The number of nitrogens with one attached hydrogen (secondary N) is 1. The van der Waals surface area contributed by atoms with Crippen molar-refractivity contribution in [2.45, 2.75) is 33.4 Å². The maximum Gasteiger partial charge on any atom is 0.327 e. The standard InChI is InChI=1S/C29H29NO3/c1-4-33-29(32)28(22-11-6-5-7-12-22)30-18-23-15-14-21-10-8-9-13-24(21)27(23)26-20(3)16-19(2)17-25(26)31/h5-17,28,30-31H,4,18H2,1-3H3/t28-/m0/s1. The van der Waals surface area contributed by atoms with Crippen LogP contribution in [0.2, 0.25) is 0 Å². The molecule has 2 N–H and O–H groups in total. The summed E-state index contributed by atoms with van der Waals surface area (Å²) in [6.07, 6.45) is 0. The molecular weight excluding hydrogens is 410 g/mol. The van der Waals surface area contributed by atoms with Crippen molar-refractivity contribution in [2.75, 3.05) is 6.61 Å². The molecule has 0 saturated carbocycles. The lowest BCUT2D eigenvalue weighted by Crippen LogP contribution is -2.30. The third kappa shape index (κ3) is 4.76. The summed E-state index contributed by atoms with van der Waals surface area (Å²) in [7, 11) is 0. The summed E-state index contributed by atoms with van der Waals surface area (Å²) >= 11 is 0. The molecule has 0 fully saturated rings. The number of hydrogen-bond donors (Lipinski definition) is 2. The number of aromatic hydroxyl groups is 1. The highest BCUT2D eigenvalue weighted by molar-refractivity contribution is 6.00. The van der Waals surface area contributed by atoms with Gasteiger partial charge in [0.2, 0.25) is 0 Å². The van der Waals surface area contributed by atoms with Crippen LogP contribution in [0.15, 0.2) is 78.9 Å². The maximum absolute atomic E-state index is 12.8. The number of phenols is 1. The molecule has 168 valence electrons. The van der Waals surface area contributed by atoms with Gasteiger partial charge in [0.05, 0.1) is 6.61 Å². The van der Waals surface area contributed by atoms with Crippen LogP contribution in [-0.2, 0) is 16.1 Å². The molecule has 0 aliphatic rings. The number of esters is 1. The van der Waals surface area contributed by atoms with Crippen LogP contribution in [0.1, 0.15) is 35.2 Å². The summed E-state index contributed by atoms with van der Waals surface area (Å²) in [6, 6.07) is 25.2. The van der Waals surface area contributed by atoms with E-state index in [2.05, 4.69) is 35.6 Å². The van der Waals surface area contributed by atoms with Gasteiger partial charge in [-0.2, -0.15) is 0 Å². The average Bonchev–Trinajstić information content (AvgIpc) is 2.80. The number of benzene rings is 4. The van der Waals surface area contributed by atoms with Crippen LogP contribution in [0.4, 0.5) is 0 Å². The third-order valence-corrected chi connectivity index (χ3v) is 5.88. The molecule has 0 aromatic heterocycles. The van der Waals surface area contributed by atoms with Gasteiger partial charge in [-0.15, -0.1) is 0 Å². The third-order valence-electron chi connectivity index (χ3n) is 5.88. The first kappa shape index (κ1) is 22.6. The summed E-state index contributed by atoms with van der Waals surface area (Å²) in [5, 5.41) is 16.5. The number of rotatable bonds is 7. The van der Waals surface area contributed by atoms with Gasteiger partial charge in [-0.3, -0.25) is 5.32 Å². The predicted molar refractivity (Wildman–Crippen MR) is 133 cm³/mol. The molecule has 4 nitrogen and oxygen atoms in total. The Labute approximate surface area is 194 Å². The summed E-state index contributed by atoms with van der Waals surface area (Å²) in [5.74, 6) is -0.0458. The SMILES string of the molecule is CCOC(=O)[C@@H](NCc1ccc2ccccc2c1-c1c(C)cc(C)cc1O)c1ccccc1. The summed E-state index contributed by atoms with van der Waals surface area (Å²) in [5.41, 5.74) is 5.68. The minimum atomic E-state index is -0.585. The van der Waals surface area contributed by atoms with Crippen molar-refractivity contribution in [2.24, 2.45) is 0 Å². The van der Waals surface area contributed by atoms with E-state index in [0.717, 1.165) is 44.2 Å². The highest BCUT2D eigenvalue weighted by atomic mass is 16.5. The summed E-state index contributed by atoms with van der Waals surface area (Å²) in [6.45, 7) is 6.56. The van der Waals surface area contributed by atoms with Gasteiger partial charge in [0.25, 0.3) is 0 Å². The molecule has 0 bridgehead atoms. The fraction of sp³-hybridized carbons (Fsp3) is 0.207. The average molecular weight is 440 g/mol. The van der Waals surface area contributed by atoms with Gasteiger partial charge in [-0.25, -0.2) is 4.79 Å². The lowest BCUT2D eigenvalue weighted by Gasteiger charge is -2.21. The Morgan fingerprint density at radius 1 is 0.939 bits per heavy atom. The van der Waals surface area contributed by atoms with E-state index in [0.29, 0.717) is 13.2 Å². The Morgan fingerprint density at radius 3 is 2.39 bits per heavy atom. The lowest BCUT2D eigenvalue weighted by atomic mass is 9.89. The number of carbonyl (C=O) groups excluding carboxylic acids is 1. The summed E-state index contributed by atoms with van der Waals surface area (Å²) in [4.78, 5) is 12.8. The Kier molecular flexibility index (Phi) is 6.76. The van der Waals surface area contributed by atoms with E-state index < -0.39 is 6.04 Å². The Bertz CT molecular complexity index is 1260. The van der Waals surface area contributed by atoms with Crippen molar-refractivity contribution in [3.8, 4) is 16.9 Å². The molecule has 4 rings (SSSR count). The smallest absolute Gasteiger partial charge is 0.327 e. The van der Waals surface area contributed by atoms with Crippen molar-refractivity contribution >= 4 is 16.7 Å². The van der Waals surface area contributed by atoms with E-state index in [1.807, 2.05) is 63.2 Å². The second kappa shape index (κ2) is 9.88. The van der Waals surface area contributed by atoms with Crippen LogP contribution in [0.25, 0.3) is 21.9 Å². The zero-order valence-corrected chi connectivity index (χ0v) is 19.3. The highest BCUT2D eigenvalue weighted by Crippen LogP contribution is 2.40. The van der Waals surface area contributed by atoms with E-state index in [-0.39, 0.29) is 11.7 Å². The van der Waals surface area contributed by atoms with Crippen LogP contribution in [-0.4, -0.2) is 17.7 Å². The number of hydrogen-bond acceptors (Lipinski definition) is 4. The quantitative estimate of drug-likeness (QED) is 0.336. The monoisotopic (exact) mass is 439 g/mol. The molecule has 0 aliphatic carbocycles. The van der Waals surface area contributed by atoms with E-state index in [1.165, 1.54) is 0 Å². The van der Waals surface area contributed by atoms with Gasteiger partial charge in [0, 0.05) is 12.1 Å². The number of carbonyl (C=O) groups is 1. The first-order valence-electron chi connectivity index (χ1n) is 11.3. The molecule has 0 spiro atoms. The van der Waals surface area contributed by atoms with Crippen LogP contribution in [0.3, 0.4) is 0 Å². The zero-order valence-electron chi connectivity index (χ0n) is 19.3. The Morgan fingerprint density at radius 2 is 1.67 bits per heavy atom. The zero-order chi connectivity index (χ0) is 23.4. The second-order valence-electron chi connectivity index (χ2n) is 8.27. The van der Waals surface area contributed by atoms with Gasteiger partial charge < -0.3 is 9.84 Å². The van der Waals surface area contributed by atoms with Gasteiger partial charge >= 0.3 is 5.97 Å². The molecular formula is C29H29NO3. The molecule has 33 heavy (non-hydrogen) atoms. The molecule has 4 heteroatoms. The fourth-order valence-corrected chi connectivity index (χ4v) is 4.45. The first-order chi connectivity index (χ1) is 16.0. The number of fused-ring (bicyclic) bond motifs is 1. The van der Waals surface area contributed by atoms with Crippen LogP contribution in [0.5, 0.6) is 5.75 Å². The van der Waals surface area contributed by atoms with Crippen molar-refractivity contribution in [1.82, 2.24) is 5.32 Å². The van der Waals surface area contributed by atoms with Crippen molar-refractivity contribution < 1.29 is 14.6 Å². The van der Waals surface area contributed by atoms with E-state index in [1.54, 1.807) is 6.07 Å². The molecule has 4 aromatic carbocycles. The topological polar surface area (TPSA) is 58.6 Å². The molecule has 0 heterocycles. The molecule has 0 aliphatic heterocycles. The van der Waals surface area contributed by atoms with Crippen molar-refractivity contribution in [1.29, 1.82) is 0 Å². The molecule has 0 radical (unpaired) electrons. The Balaban J connectivity index is 1.80. The van der Waals surface area contributed by atoms with E-state index in [4.69, 9.17) is 4.74 Å². The largest absolute Gasteiger partial charge is 0.507 e. The number of aryl methyl sites for hydroxylation is 2. The Hall–Kier alpha value is -3.63. The minimum absolute atomic E-state index is 0.259. The summed E-state index contributed by atoms with van der Waals surface area (Å²) < 4.78 is 5.34. The van der Waals surface area contributed by atoms with Gasteiger partial charge in [-0.05, 0) is 65.4 Å².